The quantitative estimate of drug-likeness (QED) is 0.810. The van der Waals surface area contributed by atoms with Crippen LogP contribution in [0.4, 0.5) is 0 Å². The monoisotopic (exact) mass is 241 g/mol. The number of ketones is 1. The lowest BCUT2D eigenvalue weighted by atomic mass is 9.95. The number of benzene rings is 1. The molecule has 18 heavy (non-hydrogen) atoms. The van der Waals surface area contributed by atoms with Gasteiger partial charge in [-0.1, -0.05) is 36.4 Å². The lowest BCUT2D eigenvalue weighted by Gasteiger charge is -2.33. The van der Waals surface area contributed by atoms with Crippen molar-refractivity contribution in [1.29, 1.82) is 0 Å². The van der Waals surface area contributed by atoms with Crippen molar-refractivity contribution in [3.63, 3.8) is 0 Å². The van der Waals surface area contributed by atoms with E-state index < -0.39 is 0 Å². The van der Waals surface area contributed by atoms with Crippen molar-refractivity contribution in [3.8, 4) is 0 Å². The van der Waals surface area contributed by atoms with E-state index >= 15 is 0 Å². The molecule has 1 unspecified atom stereocenters. The molecule has 1 aliphatic heterocycles. The normalized spacial score (nSPS) is 27.4. The molecule has 0 radical (unpaired) electrons. The molecule has 1 aromatic carbocycles. The van der Waals surface area contributed by atoms with E-state index in [4.69, 9.17) is 0 Å². The fraction of sp³-hybridized carbons (Fsp3) is 0.438. The number of hydrogen-bond acceptors (Lipinski definition) is 2. The zero-order valence-electron chi connectivity index (χ0n) is 10.6. The molecule has 1 spiro atoms. The molecular weight excluding hydrogens is 222 g/mol. The van der Waals surface area contributed by atoms with E-state index in [1.165, 1.54) is 12.0 Å². The minimum Gasteiger partial charge on any atom is -0.295 e. The Morgan fingerprint density at radius 2 is 2.06 bits per heavy atom. The lowest BCUT2D eigenvalue weighted by Crippen LogP contribution is -2.42. The molecule has 0 bridgehead atoms. The fourth-order valence-electron chi connectivity index (χ4n) is 3.26. The molecule has 2 heteroatoms. The summed E-state index contributed by atoms with van der Waals surface area (Å²) in [6.45, 7) is 2.19. The van der Waals surface area contributed by atoms with Crippen LogP contribution in [0.5, 0.6) is 0 Å². The summed E-state index contributed by atoms with van der Waals surface area (Å²) in [5, 5.41) is 0. The van der Waals surface area contributed by atoms with Crippen LogP contribution in [-0.2, 0) is 11.2 Å². The van der Waals surface area contributed by atoms with Gasteiger partial charge in [-0.15, -0.1) is 0 Å². The second kappa shape index (κ2) is 4.69. The minimum absolute atomic E-state index is 0.0614. The van der Waals surface area contributed by atoms with Crippen LogP contribution in [0.25, 0.3) is 0 Å². The van der Waals surface area contributed by atoms with Gasteiger partial charge in [0.2, 0.25) is 0 Å². The van der Waals surface area contributed by atoms with Gasteiger partial charge in [0.25, 0.3) is 0 Å². The van der Waals surface area contributed by atoms with Crippen molar-refractivity contribution in [2.45, 2.75) is 31.2 Å². The summed E-state index contributed by atoms with van der Waals surface area (Å²) in [6.07, 6.45) is 8.05. The number of hydrogen-bond donors (Lipinski definition) is 0. The van der Waals surface area contributed by atoms with Gasteiger partial charge < -0.3 is 0 Å². The van der Waals surface area contributed by atoms with Crippen LogP contribution in [-0.4, -0.2) is 29.3 Å². The number of allylic oxidation sites excluding steroid dienone is 1. The second-order valence-electron chi connectivity index (χ2n) is 5.41. The van der Waals surface area contributed by atoms with E-state index in [0.29, 0.717) is 12.2 Å². The third-order valence-electron chi connectivity index (χ3n) is 4.24. The molecule has 1 atom stereocenters. The van der Waals surface area contributed by atoms with E-state index in [0.717, 1.165) is 25.9 Å². The highest BCUT2D eigenvalue weighted by atomic mass is 16.1. The average molecular weight is 241 g/mol. The maximum Gasteiger partial charge on any atom is 0.157 e. The molecule has 3 rings (SSSR count). The number of rotatable bonds is 3. The molecule has 0 aromatic heterocycles. The maximum absolute atomic E-state index is 11.5. The maximum atomic E-state index is 11.5. The molecule has 1 fully saturated rings. The number of carbonyl (C=O) groups excluding carboxylic acids is 1. The van der Waals surface area contributed by atoms with Crippen LogP contribution < -0.4 is 0 Å². The molecule has 94 valence electrons. The van der Waals surface area contributed by atoms with Gasteiger partial charge in [0, 0.05) is 18.5 Å². The summed E-state index contributed by atoms with van der Waals surface area (Å²) in [5.74, 6) is 0.293. The average Bonchev–Trinajstić information content (AvgIpc) is 2.96. The van der Waals surface area contributed by atoms with Crippen LogP contribution >= 0.6 is 0 Å². The van der Waals surface area contributed by atoms with Gasteiger partial charge in [-0.05, 0) is 37.4 Å². The Morgan fingerprint density at radius 3 is 2.78 bits per heavy atom. The topological polar surface area (TPSA) is 20.3 Å². The van der Waals surface area contributed by atoms with E-state index in [2.05, 4.69) is 41.3 Å². The molecule has 1 heterocycles. The first-order valence-electron chi connectivity index (χ1n) is 6.80. The summed E-state index contributed by atoms with van der Waals surface area (Å²) in [6, 6.07) is 10.6. The van der Waals surface area contributed by atoms with Crippen molar-refractivity contribution in [2.75, 3.05) is 13.1 Å². The zero-order chi connectivity index (χ0) is 12.4. The van der Waals surface area contributed by atoms with Crippen molar-refractivity contribution < 1.29 is 4.79 Å². The number of nitrogens with zero attached hydrogens (tertiary/aromatic N) is 1. The molecule has 1 aromatic rings. The minimum atomic E-state index is 0.0614. The first-order valence-corrected chi connectivity index (χ1v) is 6.80. The van der Waals surface area contributed by atoms with E-state index in [1.54, 1.807) is 6.08 Å². The predicted octanol–water partition coefficient (Wildman–Crippen LogP) is 2.59. The second-order valence-corrected chi connectivity index (χ2v) is 5.41. The third kappa shape index (κ3) is 2.13. The van der Waals surface area contributed by atoms with Crippen LogP contribution in [0.3, 0.4) is 0 Å². The highest BCUT2D eigenvalue weighted by Crippen LogP contribution is 2.37. The van der Waals surface area contributed by atoms with E-state index in [9.17, 15) is 4.79 Å². The first kappa shape index (κ1) is 11.7. The summed E-state index contributed by atoms with van der Waals surface area (Å²) in [7, 11) is 0. The van der Waals surface area contributed by atoms with Crippen molar-refractivity contribution in [3.05, 3.63) is 48.0 Å². The largest absolute Gasteiger partial charge is 0.295 e. The highest BCUT2D eigenvalue weighted by Gasteiger charge is 2.42. The molecule has 0 amide bonds. The van der Waals surface area contributed by atoms with Gasteiger partial charge in [-0.25, -0.2) is 0 Å². The number of carbonyl (C=O) groups is 1. The Hall–Kier alpha value is -1.41. The summed E-state index contributed by atoms with van der Waals surface area (Å²) in [4.78, 5) is 14.0. The van der Waals surface area contributed by atoms with Gasteiger partial charge in [-0.3, -0.25) is 9.69 Å². The molecular formula is C16H19NO. The molecule has 1 aliphatic carbocycles. The van der Waals surface area contributed by atoms with Crippen molar-refractivity contribution in [2.24, 2.45) is 0 Å². The van der Waals surface area contributed by atoms with Crippen LogP contribution in [0, 0.1) is 0 Å². The summed E-state index contributed by atoms with van der Waals surface area (Å²) in [5.41, 5.74) is 1.44. The number of likely N-dealkylation sites (tertiary alicyclic amines) is 1. The molecule has 2 nitrogen and oxygen atoms in total. The summed E-state index contributed by atoms with van der Waals surface area (Å²) < 4.78 is 0. The van der Waals surface area contributed by atoms with E-state index in [1.807, 2.05) is 0 Å². The van der Waals surface area contributed by atoms with Crippen molar-refractivity contribution >= 4 is 5.78 Å². The molecule has 1 saturated heterocycles. The Labute approximate surface area is 108 Å². The molecule has 0 saturated carbocycles. The Morgan fingerprint density at radius 1 is 1.22 bits per heavy atom. The predicted molar refractivity (Wildman–Crippen MR) is 72.4 cm³/mol. The van der Waals surface area contributed by atoms with Gasteiger partial charge in [-0.2, -0.15) is 0 Å². The van der Waals surface area contributed by atoms with Crippen molar-refractivity contribution in [1.82, 2.24) is 4.90 Å². The van der Waals surface area contributed by atoms with Crippen LogP contribution in [0.2, 0.25) is 0 Å². The van der Waals surface area contributed by atoms with E-state index in [-0.39, 0.29) is 5.54 Å². The Bertz CT molecular complexity index is 465. The van der Waals surface area contributed by atoms with Crippen LogP contribution in [0.1, 0.15) is 24.8 Å². The highest BCUT2D eigenvalue weighted by molar-refractivity contribution is 5.94. The lowest BCUT2D eigenvalue weighted by molar-refractivity contribution is -0.115. The summed E-state index contributed by atoms with van der Waals surface area (Å²) >= 11 is 0. The van der Waals surface area contributed by atoms with Gasteiger partial charge >= 0.3 is 0 Å². The third-order valence-corrected chi connectivity index (χ3v) is 4.24. The molecule has 2 aliphatic rings. The van der Waals surface area contributed by atoms with Crippen LogP contribution in [0.15, 0.2) is 42.5 Å². The zero-order valence-corrected chi connectivity index (χ0v) is 10.6. The smallest absolute Gasteiger partial charge is 0.157 e. The Balaban J connectivity index is 1.66. The Kier molecular flexibility index (Phi) is 3.04. The van der Waals surface area contributed by atoms with Gasteiger partial charge in [0.15, 0.2) is 5.78 Å². The fourth-order valence-corrected chi connectivity index (χ4v) is 3.26. The standard InChI is InChI=1S/C16H19NO/c18-15-7-10-16(13-15)9-4-11-17(16)12-8-14-5-2-1-3-6-14/h1-3,5-7,10H,4,8-9,11-13H2. The van der Waals surface area contributed by atoms with Gasteiger partial charge in [0.1, 0.15) is 0 Å². The molecule has 0 N–H and O–H groups in total. The van der Waals surface area contributed by atoms with Gasteiger partial charge in [0.05, 0.1) is 0 Å². The SMILES string of the molecule is O=C1C=CC2(CCCN2CCc2ccccc2)C1. The first-order chi connectivity index (χ1) is 8.78.